The first-order valence-corrected chi connectivity index (χ1v) is 7.79. The van der Waals surface area contributed by atoms with Crippen LogP contribution in [0.1, 0.15) is 20.8 Å². The minimum Gasteiger partial charge on any atom is -0.367 e. The molecule has 0 aliphatic carbocycles. The second-order valence-electron chi connectivity index (χ2n) is 6.23. The van der Waals surface area contributed by atoms with E-state index in [2.05, 4.69) is 10.2 Å². The Balaban J connectivity index is 1.97. The summed E-state index contributed by atoms with van der Waals surface area (Å²) in [5.74, 6) is 0. The van der Waals surface area contributed by atoms with Crippen molar-refractivity contribution in [1.29, 1.82) is 0 Å². The van der Waals surface area contributed by atoms with Gasteiger partial charge < -0.3 is 15.1 Å². The lowest BCUT2D eigenvalue weighted by Crippen LogP contribution is -2.55. The van der Waals surface area contributed by atoms with Crippen molar-refractivity contribution < 1.29 is 4.79 Å². The number of urea groups is 1. The lowest BCUT2D eigenvalue weighted by Gasteiger charge is -2.37. The van der Waals surface area contributed by atoms with Crippen LogP contribution in [0.4, 0.5) is 10.5 Å². The molecule has 1 aromatic rings. The third-order valence-corrected chi connectivity index (χ3v) is 4.13. The predicted octanol–water partition coefficient (Wildman–Crippen LogP) is 3.62. The Kier molecular flexibility index (Phi) is 4.89. The van der Waals surface area contributed by atoms with Crippen LogP contribution in [0.5, 0.6) is 0 Å². The standard InChI is InChI=1S/C15H21Cl2N3O/c1-15(2,3)18-14(21)20-9-7-19(8-10-20)12-6-4-5-11(16)13(12)17/h4-6H,7-10H2,1-3H3,(H,18,21). The van der Waals surface area contributed by atoms with Crippen LogP contribution in [0, 0.1) is 0 Å². The Morgan fingerprint density at radius 3 is 2.33 bits per heavy atom. The van der Waals surface area contributed by atoms with E-state index in [0.29, 0.717) is 23.1 Å². The lowest BCUT2D eigenvalue weighted by atomic mass is 10.1. The molecule has 0 aromatic heterocycles. The highest BCUT2D eigenvalue weighted by atomic mass is 35.5. The number of piperazine rings is 1. The number of amides is 2. The molecule has 0 saturated carbocycles. The summed E-state index contributed by atoms with van der Waals surface area (Å²) < 4.78 is 0. The molecule has 116 valence electrons. The van der Waals surface area contributed by atoms with Gasteiger partial charge in [-0.05, 0) is 32.9 Å². The number of benzene rings is 1. The first-order valence-electron chi connectivity index (χ1n) is 7.04. The minimum absolute atomic E-state index is 0.0145. The smallest absolute Gasteiger partial charge is 0.317 e. The zero-order chi connectivity index (χ0) is 15.6. The molecule has 1 fully saturated rings. The zero-order valence-corrected chi connectivity index (χ0v) is 14.1. The van der Waals surface area contributed by atoms with Gasteiger partial charge in [0.2, 0.25) is 0 Å². The summed E-state index contributed by atoms with van der Waals surface area (Å²) in [5, 5.41) is 4.12. The molecule has 1 aliphatic rings. The van der Waals surface area contributed by atoms with Crippen LogP contribution in [0.3, 0.4) is 0 Å². The first-order chi connectivity index (χ1) is 9.78. The van der Waals surface area contributed by atoms with Crippen LogP contribution in [-0.4, -0.2) is 42.6 Å². The Hall–Kier alpha value is -1.13. The number of hydrogen-bond donors (Lipinski definition) is 1. The molecule has 2 rings (SSSR count). The largest absolute Gasteiger partial charge is 0.367 e. The number of carbonyl (C=O) groups is 1. The van der Waals surface area contributed by atoms with Crippen molar-refractivity contribution in [3.05, 3.63) is 28.2 Å². The normalized spacial score (nSPS) is 16.0. The summed E-state index contributed by atoms with van der Waals surface area (Å²) in [5.41, 5.74) is 0.713. The van der Waals surface area contributed by atoms with Crippen molar-refractivity contribution in [3.8, 4) is 0 Å². The molecule has 0 unspecified atom stereocenters. The van der Waals surface area contributed by atoms with E-state index in [1.807, 2.05) is 37.8 Å². The second kappa shape index (κ2) is 6.32. The van der Waals surface area contributed by atoms with Gasteiger partial charge in [-0.2, -0.15) is 0 Å². The van der Waals surface area contributed by atoms with Gasteiger partial charge in [0.15, 0.2) is 0 Å². The van der Waals surface area contributed by atoms with E-state index >= 15 is 0 Å². The quantitative estimate of drug-likeness (QED) is 0.854. The lowest BCUT2D eigenvalue weighted by molar-refractivity contribution is 0.185. The van der Waals surface area contributed by atoms with Crippen LogP contribution in [0.15, 0.2) is 18.2 Å². The van der Waals surface area contributed by atoms with Gasteiger partial charge in [0.05, 0.1) is 15.7 Å². The van der Waals surface area contributed by atoms with E-state index in [1.54, 1.807) is 6.07 Å². The monoisotopic (exact) mass is 329 g/mol. The third-order valence-electron chi connectivity index (χ3n) is 3.32. The maximum atomic E-state index is 12.1. The fraction of sp³-hybridized carbons (Fsp3) is 0.533. The molecule has 1 saturated heterocycles. The highest BCUT2D eigenvalue weighted by Crippen LogP contribution is 2.32. The fourth-order valence-corrected chi connectivity index (χ4v) is 2.70. The van der Waals surface area contributed by atoms with Gasteiger partial charge in [-0.15, -0.1) is 0 Å². The highest BCUT2D eigenvalue weighted by Gasteiger charge is 2.25. The summed E-state index contributed by atoms with van der Waals surface area (Å²) in [6.45, 7) is 8.78. The van der Waals surface area contributed by atoms with E-state index in [4.69, 9.17) is 23.2 Å². The van der Waals surface area contributed by atoms with Crippen LogP contribution in [0.25, 0.3) is 0 Å². The summed E-state index contributed by atoms with van der Waals surface area (Å²) in [7, 11) is 0. The Bertz CT molecular complexity index is 520. The topological polar surface area (TPSA) is 35.6 Å². The number of nitrogens with one attached hydrogen (secondary N) is 1. The van der Waals surface area contributed by atoms with E-state index in [1.165, 1.54) is 0 Å². The van der Waals surface area contributed by atoms with Crippen LogP contribution in [-0.2, 0) is 0 Å². The molecule has 0 atom stereocenters. The van der Waals surface area contributed by atoms with E-state index in [9.17, 15) is 4.79 Å². The molecule has 6 heteroatoms. The van der Waals surface area contributed by atoms with Gasteiger partial charge in [-0.1, -0.05) is 29.3 Å². The van der Waals surface area contributed by atoms with Crippen molar-refractivity contribution in [2.75, 3.05) is 31.1 Å². The van der Waals surface area contributed by atoms with Crippen molar-refractivity contribution >= 4 is 34.9 Å². The zero-order valence-electron chi connectivity index (χ0n) is 12.6. The molecule has 1 aromatic carbocycles. The van der Waals surface area contributed by atoms with E-state index < -0.39 is 0 Å². The Labute approximate surface area is 136 Å². The average Bonchev–Trinajstić information content (AvgIpc) is 2.40. The minimum atomic E-state index is -0.218. The van der Waals surface area contributed by atoms with Crippen molar-refractivity contribution in [3.63, 3.8) is 0 Å². The van der Waals surface area contributed by atoms with Gasteiger partial charge in [0.25, 0.3) is 0 Å². The summed E-state index contributed by atoms with van der Waals surface area (Å²) in [6, 6.07) is 5.61. The molecule has 0 radical (unpaired) electrons. The maximum Gasteiger partial charge on any atom is 0.317 e. The average molecular weight is 330 g/mol. The van der Waals surface area contributed by atoms with Crippen molar-refractivity contribution in [1.82, 2.24) is 10.2 Å². The number of hydrogen-bond acceptors (Lipinski definition) is 2. The fourth-order valence-electron chi connectivity index (χ4n) is 2.29. The Morgan fingerprint density at radius 2 is 1.76 bits per heavy atom. The van der Waals surface area contributed by atoms with Gasteiger partial charge in [-0.25, -0.2) is 4.79 Å². The molecule has 21 heavy (non-hydrogen) atoms. The molecule has 1 N–H and O–H groups in total. The Morgan fingerprint density at radius 1 is 1.14 bits per heavy atom. The number of carbonyl (C=O) groups excluding carboxylic acids is 1. The molecular formula is C15H21Cl2N3O. The summed E-state index contributed by atoms with van der Waals surface area (Å²) in [6.07, 6.45) is 0. The van der Waals surface area contributed by atoms with Gasteiger partial charge in [0, 0.05) is 31.7 Å². The molecule has 2 amide bonds. The number of rotatable bonds is 1. The molecule has 4 nitrogen and oxygen atoms in total. The molecule has 1 aliphatic heterocycles. The van der Waals surface area contributed by atoms with Crippen molar-refractivity contribution in [2.45, 2.75) is 26.3 Å². The first kappa shape index (κ1) is 16.2. The molecule has 0 bridgehead atoms. The van der Waals surface area contributed by atoms with Gasteiger partial charge >= 0.3 is 6.03 Å². The van der Waals surface area contributed by atoms with Crippen LogP contribution < -0.4 is 10.2 Å². The number of halogens is 2. The molecular weight excluding hydrogens is 309 g/mol. The van der Waals surface area contributed by atoms with Gasteiger partial charge in [-0.3, -0.25) is 0 Å². The highest BCUT2D eigenvalue weighted by molar-refractivity contribution is 6.43. The predicted molar refractivity (Wildman–Crippen MR) is 88.5 cm³/mol. The van der Waals surface area contributed by atoms with Gasteiger partial charge in [0.1, 0.15) is 0 Å². The molecule has 0 spiro atoms. The number of anilines is 1. The second-order valence-corrected chi connectivity index (χ2v) is 7.01. The third kappa shape index (κ3) is 4.17. The van der Waals surface area contributed by atoms with Crippen LogP contribution >= 0.6 is 23.2 Å². The summed E-state index contributed by atoms with van der Waals surface area (Å²) >= 11 is 12.3. The summed E-state index contributed by atoms with van der Waals surface area (Å²) in [4.78, 5) is 16.1. The van der Waals surface area contributed by atoms with E-state index in [-0.39, 0.29) is 11.6 Å². The van der Waals surface area contributed by atoms with Crippen molar-refractivity contribution in [2.24, 2.45) is 0 Å². The van der Waals surface area contributed by atoms with E-state index in [0.717, 1.165) is 18.8 Å². The molecule has 1 heterocycles. The number of nitrogens with zero attached hydrogens (tertiary/aromatic N) is 2. The SMILES string of the molecule is CC(C)(C)NC(=O)N1CCN(c2cccc(Cl)c2Cl)CC1. The maximum absolute atomic E-state index is 12.1. The van der Waals surface area contributed by atoms with Crippen LogP contribution in [0.2, 0.25) is 10.0 Å².